The molecule has 1 N–H and O–H groups in total. The Morgan fingerprint density at radius 1 is 1.37 bits per heavy atom. The summed E-state index contributed by atoms with van der Waals surface area (Å²) in [7, 11) is 0. The molecule has 0 aliphatic carbocycles. The predicted molar refractivity (Wildman–Crippen MR) is 81.4 cm³/mol. The molecule has 2 heterocycles. The van der Waals surface area contributed by atoms with Gasteiger partial charge >= 0.3 is 0 Å². The van der Waals surface area contributed by atoms with Crippen molar-refractivity contribution in [3.8, 4) is 0 Å². The second-order valence-corrected chi connectivity index (χ2v) is 6.18. The Balaban J connectivity index is 1.68. The lowest BCUT2D eigenvalue weighted by atomic mass is 10.0. The second-order valence-electron chi connectivity index (χ2n) is 5.20. The maximum Gasteiger partial charge on any atom is 0.0945 e. The Labute approximate surface area is 119 Å². The fourth-order valence-corrected chi connectivity index (χ4v) is 3.20. The lowest BCUT2D eigenvalue weighted by molar-refractivity contribution is 0.409. The molecule has 1 unspecified atom stereocenters. The molecular formula is C15H23N3S. The van der Waals surface area contributed by atoms with Crippen molar-refractivity contribution in [1.29, 1.82) is 0 Å². The number of unbranched alkanes of at least 4 members (excludes halogenated alkanes) is 1. The highest BCUT2D eigenvalue weighted by Gasteiger charge is 2.15. The molecule has 0 aliphatic rings. The van der Waals surface area contributed by atoms with E-state index in [4.69, 9.17) is 0 Å². The Morgan fingerprint density at radius 3 is 2.89 bits per heavy atom. The largest absolute Gasteiger partial charge is 0.337 e. The van der Waals surface area contributed by atoms with E-state index in [1.165, 1.54) is 17.7 Å². The maximum atomic E-state index is 4.05. The molecule has 104 valence electrons. The summed E-state index contributed by atoms with van der Waals surface area (Å²) in [6.45, 7) is 6.70. The van der Waals surface area contributed by atoms with Crippen LogP contribution in [0.25, 0.3) is 0 Å². The van der Waals surface area contributed by atoms with Gasteiger partial charge in [-0.05, 0) is 36.8 Å². The van der Waals surface area contributed by atoms with Gasteiger partial charge in [0.1, 0.15) is 0 Å². The van der Waals surface area contributed by atoms with E-state index < -0.39 is 0 Å². The number of nitrogens with zero attached hydrogens (tertiary/aromatic N) is 2. The zero-order valence-corrected chi connectivity index (χ0v) is 12.6. The maximum absolute atomic E-state index is 4.05. The van der Waals surface area contributed by atoms with E-state index in [-0.39, 0.29) is 0 Å². The summed E-state index contributed by atoms with van der Waals surface area (Å²) in [5.41, 5.74) is 0. The first-order valence-corrected chi connectivity index (χ1v) is 7.88. The minimum atomic E-state index is 0.494. The van der Waals surface area contributed by atoms with Gasteiger partial charge in [0.25, 0.3) is 0 Å². The van der Waals surface area contributed by atoms with Gasteiger partial charge in [0.05, 0.1) is 6.33 Å². The van der Waals surface area contributed by atoms with E-state index in [0.29, 0.717) is 12.0 Å². The molecule has 3 nitrogen and oxygen atoms in total. The highest BCUT2D eigenvalue weighted by Crippen LogP contribution is 2.25. The number of aryl methyl sites for hydroxylation is 1. The molecule has 0 amide bonds. The quantitative estimate of drug-likeness (QED) is 0.745. The number of hydrogen-bond acceptors (Lipinski definition) is 3. The third kappa shape index (κ3) is 4.48. The Kier molecular flexibility index (Phi) is 5.61. The van der Waals surface area contributed by atoms with Crippen molar-refractivity contribution in [3.05, 3.63) is 41.1 Å². The molecule has 4 heteroatoms. The number of thiophene rings is 1. The molecule has 2 rings (SSSR count). The molecule has 2 aromatic heterocycles. The molecule has 0 saturated heterocycles. The van der Waals surface area contributed by atoms with Crippen LogP contribution in [0.2, 0.25) is 0 Å². The van der Waals surface area contributed by atoms with Gasteiger partial charge in [-0.25, -0.2) is 4.98 Å². The molecule has 0 fully saturated rings. The molecule has 0 aromatic carbocycles. The highest BCUT2D eigenvalue weighted by molar-refractivity contribution is 7.10. The number of nitrogens with one attached hydrogen (secondary N) is 1. The molecule has 1 atom stereocenters. The van der Waals surface area contributed by atoms with Gasteiger partial charge in [-0.1, -0.05) is 19.9 Å². The van der Waals surface area contributed by atoms with Crippen molar-refractivity contribution in [2.45, 2.75) is 39.3 Å². The van der Waals surface area contributed by atoms with Gasteiger partial charge in [-0.15, -0.1) is 11.3 Å². The van der Waals surface area contributed by atoms with E-state index in [9.17, 15) is 0 Å². The molecule has 0 bridgehead atoms. The lowest BCUT2D eigenvalue weighted by Crippen LogP contribution is -2.26. The summed E-state index contributed by atoms with van der Waals surface area (Å²) in [4.78, 5) is 5.50. The third-order valence-corrected chi connectivity index (χ3v) is 4.24. The van der Waals surface area contributed by atoms with Crippen LogP contribution in [0, 0.1) is 5.92 Å². The first kappa shape index (κ1) is 14.3. The van der Waals surface area contributed by atoms with E-state index in [0.717, 1.165) is 13.1 Å². The summed E-state index contributed by atoms with van der Waals surface area (Å²) in [6, 6.07) is 4.86. The molecule has 0 saturated carbocycles. The van der Waals surface area contributed by atoms with Crippen LogP contribution in [0.15, 0.2) is 36.2 Å². The van der Waals surface area contributed by atoms with Crippen molar-refractivity contribution < 1.29 is 0 Å². The van der Waals surface area contributed by atoms with Gasteiger partial charge < -0.3 is 9.88 Å². The van der Waals surface area contributed by atoms with Crippen molar-refractivity contribution >= 4 is 11.3 Å². The number of hydrogen-bond donors (Lipinski definition) is 1. The molecule has 0 spiro atoms. The van der Waals surface area contributed by atoms with E-state index in [1.807, 2.05) is 30.1 Å². The topological polar surface area (TPSA) is 29.9 Å². The summed E-state index contributed by atoms with van der Waals surface area (Å²) < 4.78 is 2.14. The van der Waals surface area contributed by atoms with Gasteiger partial charge in [0.15, 0.2) is 0 Å². The molecule has 19 heavy (non-hydrogen) atoms. The monoisotopic (exact) mass is 277 g/mol. The van der Waals surface area contributed by atoms with Crippen LogP contribution in [-0.2, 0) is 6.54 Å². The number of imidazole rings is 1. The van der Waals surface area contributed by atoms with Crippen LogP contribution in [-0.4, -0.2) is 16.1 Å². The fraction of sp³-hybridized carbons (Fsp3) is 0.533. The highest BCUT2D eigenvalue weighted by atomic mass is 32.1. The van der Waals surface area contributed by atoms with Crippen LogP contribution in [0.1, 0.15) is 37.6 Å². The van der Waals surface area contributed by atoms with Crippen LogP contribution in [0.5, 0.6) is 0 Å². The molecular weight excluding hydrogens is 254 g/mol. The normalized spacial score (nSPS) is 13.0. The lowest BCUT2D eigenvalue weighted by Gasteiger charge is -2.21. The minimum absolute atomic E-state index is 0.494. The molecule has 0 aliphatic heterocycles. The van der Waals surface area contributed by atoms with Gasteiger partial charge in [0.2, 0.25) is 0 Å². The van der Waals surface area contributed by atoms with E-state index in [2.05, 4.69) is 46.2 Å². The molecule has 0 radical (unpaired) electrons. The summed E-state index contributed by atoms with van der Waals surface area (Å²) >= 11 is 1.85. The van der Waals surface area contributed by atoms with Crippen molar-refractivity contribution in [3.63, 3.8) is 0 Å². The zero-order chi connectivity index (χ0) is 13.5. The summed E-state index contributed by atoms with van der Waals surface area (Å²) in [6.07, 6.45) is 8.14. The fourth-order valence-electron chi connectivity index (χ4n) is 2.23. The average Bonchev–Trinajstić information content (AvgIpc) is 3.05. The van der Waals surface area contributed by atoms with Gasteiger partial charge in [0, 0.05) is 29.9 Å². The van der Waals surface area contributed by atoms with Crippen LogP contribution in [0.3, 0.4) is 0 Å². The molecule has 2 aromatic rings. The van der Waals surface area contributed by atoms with Crippen molar-refractivity contribution in [2.24, 2.45) is 5.92 Å². The smallest absolute Gasteiger partial charge is 0.0945 e. The second kappa shape index (κ2) is 7.46. The Hall–Kier alpha value is -1.13. The number of aromatic nitrogens is 2. The zero-order valence-electron chi connectivity index (χ0n) is 11.7. The first-order chi connectivity index (χ1) is 9.27. The Bertz CT molecular complexity index is 434. The SMILES string of the molecule is CC(C)C(NCCCCn1ccnc1)c1cccs1. The van der Waals surface area contributed by atoms with Crippen LogP contribution >= 0.6 is 11.3 Å². The van der Waals surface area contributed by atoms with Crippen molar-refractivity contribution in [1.82, 2.24) is 14.9 Å². The summed E-state index contributed by atoms with van der Waals surface area (Å²) in [5, 5.41) is 5.85. The standard InChI is InChI=1S/C15H23N3S/c1-13(2)15(14-6-5-11-19-14)17-7-3-4-9-18-10-8-16-12-18/h5-6,8,10-13,15,17H,3-4,7,9H2,1-2H3. The van der Waals surface area contributed by atoms with Gasteiger partial charge in [-0.2, -0.15) is 0 Å². The van der Waals surface area contributed by atoms with E-state index >= 15 is 0 Å². The van der Waals surface area contributed by atoms with E-state index in [1.54, 1.807) is 0 Å². The van der Waals surface area contributed by atoms with Gasteiger partial charge in [-0.3, -0.25) is 0 Å². The van der Waals surface area contributed by atoms with Crippen LogP contribution < -0.4 is 5.32 Å². The first-order valence-electron chi connectivity index (χ1n) is 7.00. The number of rotatable bonds is 8. The van der Waals surface area contributed by atoms with Crippen LogP contribution in [0.4, 0.5) is 0 Å². The average molecular weight is 277 g/mol. The minimum Gasteiger partial charge on any atom is -0.337 e. The van der Waals surface area contributed by atoms with Crippen molar-refractivity contribution in [2.75, 3.05) is 6.54 Å². The third-order valence-electron chi connectivity index (χ3n) is 3.28. The predicted octanol–water partition coefficient (Wildman–Crippen LogP) is 3.71. The Morgan fingerprint density at radius 2 is 2.26 bits per heavy atom. The summed E-state index contributed by atoms with van der Waals surface area (Å²) in [5.74, 6) is 0.632.